The molecule has 1 fully saturated rings. The number of nitrogens with two attached hydrogens (primary N) is 1. The van der Waals surface area contributed by atoms with Crippen LogP contribution in [-0.2, 0) is 14.6 Å². The third kappa shape index (κ3) is 3.78. The molecule has 1 aliphatic rings. The predicted octanol–water partition coefficient (Wildman–Crippen LogP) is 2.92. The molecule has 0 aliphatic carbocycles. The Labute approximate surface area is 150 Å². The average molecular weight is 378 g/mol. The molecule has 0 spiro atoms. The monoisotopic (exact) mass is 378 g/mol. The first kappa shape index (κ1) is 18.2. The van der Waals surface area contributed by atoms with Gasteiger partial charge in [0.2, 0.25) is 15.6 Å². The molecule has 1 atom stereocenters. The van der Waals surface area contributed by atoms with Crippen LogP contribution < -0.4 is 10.5 Å². The highest BCUT2D eigenvalue weighted by molar-refractivity contribution is 7.91. The molecule has 1 saturated heterocycles. The molecule has 0 bridgehead atoms. The highest BCUT2D eigenvalue weighted by atomic mass is 32.2. The van der Waals surface area contributed by atoms with Crippen LogP contribution in [0.4, 0.5) is 11.4 Å². The van der Waals surface area contributed by atoms with E-state index in [0.29, 0.717) is 18.7 Å². The van der Waals surface area contributed by atoms with Crippen molar-refractivity contribution in [1.29, 1.82) is 0 Å². The summed E-state index contributed by atoms with van der Waals surface area (Å²) < 4.78 is 36.6. The lowest BCUT2D eigenvalue weighted by molar-refractivity contribution is -0.386. The van der Waals surface area contributed by atoms with Gasteiger partial charge in [0.15, 0.2) is 6.29 Å². The first-order valence-electron chi connectivity index (χ1n) is 8.05. The van der Waals surface area contributed by atoms with Crippen molar-refractivity contribution in [3.63, 3.8) is 0 Å². The van der Waals surface area contributed by atoms with E-state index in [9.17, 15) is 18.5 Å². The lowest BCUT2D eigenvalue weighted by atomic mass is 10.2. The van der Waals surface area contributed by atoms with E-state index in [-0.39, 0.29) is 21.2 Å². The highest BCUT2D eigenvalue weighted by Crippen LogP contribution is 2.34. The first-order valence-corrected chi connectivity index (χ1v) is 9.53. The van der Waals surface area contributed by atoms with Gasteiger partial charge in [0.05, 0.1) is 21.3 Å². The molecule has 0 saturated carbocycles. The van der Waals surface area contributed by atoms with Crippen LogP contribution in [0.3, 0.4) is 0 Å². The van der Waals surface area contributed by atoms with Crippen molar-refractivity contribution in [3.05, 3.63) is 52.6 Å². The van der Waals surface area contributed by atoms with Crippen LogP contribution in [0.2, 0.25) is 0 Å². The smallest absolute Gasteiger partial charge is 0.311 e. The van der Waals surface area contributed by atoms with Gasteiger partial charge >= 0.3 is 5.69 Å². The average Bonchev–Trinajstić information content (AvgIpc) is 2.62. The number of hydrogen-bond donors (Lipinski definition) is 1. The minimum atomic E-state index is -3.86. The summed E-state index contributed by atoms with van der Waals surface area (Å²) in [5.74, 6) is -0.126. The fraction of sp³-hybridized carbons (Fsp3) is 0.294. The molecule has 0 aromatic heterocycles. The van der Waals surface area contributed by atoms with Crippen LogP contribution >= 0.6 is 0 Å². The van der Waals surface area contributed by atoms with Crippen molar-refractivity contribution in [2.45, 2.75) is 35.3 Å². The molecule has 26 heavy (non-hydrogen) atoms. The summed E-state index contributed by atoms with van der Waals surface area (Å²) in [5, 5.41) is 11.3. The van der Waals surface area contributed by atoms with Crippen LogP contribution in [0, 0.1) is 10.1 Å². The van der Waals surface area contributed by atoms with Crippen molar-refractivity contribution < 1.29 is 22.8 Å². The maximum Gasteiger partial charge on any atom is 0.311 e. The normalized spacial score (nSPS) is 17.6. The van der Waals surface area contributed by atoms with Crippen molar-refractivity contribution >= 4 is 21.2 Å². The number of benzene rings is 2. The van der Waals surface area contributed by atoms with E-state index in [1.165, 1.54) is 36.4 Å². The van der Waals surface area contributed by atoms with Gasteiger partial charge in [-0.1, -0.05) is 0 Å². The molecular weight excluding hydrogens is 360 g/mol. The maximum absolute atomic E-state index is 12.8. The summed E-state index contributed by atoms with van der Waals surface area (Å²) in [4.78, 5) is 10.6. The Balaban J connectivity index is 1.98. The molecular formula is C17H18N2O6S. The summed E-state index contributed by atoms with van der Waals surface area (Å²) in [6.07, 6.45) is 1.73. The number of nitro groups is 1. The SMILES string of the molecule is Nc1ccc(S(=O)(=O)c2ccc([N+](=O)[O-])c(OC3CCCCO3)c2)cc1. The standard InChI is InChI=1S/C17H18N2O6S/c18-12-4-6-13(7-5-12)26(22,23)14-8-9-15(19(20)21)16(11-14)25-17-3-1-2-10-24-17/h4-9,11,17H,1-3,10,18H2. The second-order valence-corrected chi connectivity index (χ2v) is 7.82. The van der Waals surface area contributed by atoms with Gasteiger partial charge in [0, 0.05) is 24.2 Å². The van der Waals surface area contributed by atoms with E-state index in [2.05, 4.69) is 0 Å². The Morgan fingerprint density at radius 3 is 2.42 bits per heavy atom. The lowest BCUT2D eigenvalue weighted by Crippen LogP contribution is -2.25. The number of nitro benzene ring substituents is 1. The topological polar surface area (TPSA) is 122 Å². The van der Waals surface area contributed by atoms with Gasteiger partial charge in [-0.05, 0) is 43.2 Å². The van der Waals surface area contributed by atoms with Gasteiger partial charge in [0.1, 0.15) is 0 Å². The zero-order valence-corrected chi connectivity index (χ0v) is 14.6. The highest BCUT2D eigenvalue weighted by Gasteiger charge is 2.26. The third-order valence-electron chi connectivity index (χ3n) is 4.02. The van der Waals surface area contributed by atoms with E-state index < -0.39 is 21.1 Å². The molecule has 1 heterocycles. The largest absolute Gasteiger partial charge is 0.458 e. The minimum absolute atomic E-state index is 0.0421. The van der Waals surface area contributed by atoms with E-state index in [1.54, 1.807) is 0 Å². The fourth-order valence-corrected chi connectivity index (χ4v) is 3.91. The zero-order valence-electron chi connectivity index (χ0n) is 13.8. The minimum Gasteiger partial charge on any atom is -0.458 e. The van der Waals surface area contributed by atoms with Gasteiger partial charge in [-0.2, -0.15) is 0 Å². The summed E-state index contributed by atoms with van der Waals surface area (Å²) >= 11 is 0. The summed E-state index contributed by atoms with van der Waals surface area (Å²) in [6, 6.07) is 9.22. The van der Waals surface area contributed by atoms with E-state index in [0.717, 1.165) is 18.9 Å². The number of sulfone groups is 1. The molecule has 3 rings (SSSR count). The van der Waals surface area contributed by atoms with Crippen molar-refractivity contribution in [2.24, 2.45) is 0 Å². The Hall–Kier alpha value is -2.65. The molecule has 1 unspecified atom stereocenters. The van der Waals surface area contributed by atoms with Crippen LogP contribution in [-0.4, -0.2) is 26.2 Å². The Bertz CT molecular complexity index is 905. The molecule has 2 N–H and O–H groups in total. The molecule has 1 aliphatic heterocycles. The molecule has 0 amide bonds. The van der Waals surface area contributed by atoms with Gasteiger partial charge < -0.3 is 15.2 Å². The van der Waals surface area contributed by atoms with Crippen LogP contribution in [0.25, 0.3) is 0 Å². The van der Waals surface area contributed by atoms with E-state index in [1.807, 2.05) is 0 Å². The number of nitrogens with zero attached hydrogens (tertiary/aromatic N) is 1. The van der Waals surface area contributed by atoms with Crippen molar-refractivity contribution in [3.8, 4) is 5.75 Å². The maximum atomic E-state index is 12.8. The first-order chi connectivity index (χ1) is 12.4. The third-order valence-corrected chi connectivity index (χ3v) is 5.79. The molecule has 138 valence electrons. The van der Waals surface area contributed by atoms with Crippen LogP contribution in [0.15, 0.2) is 52.3 Å². The van der Waals surface area contributed by atoms with Crippen molar-refractivity contribution in [1.82, 2.24) is 0 Å². The quantitative estimate of drug-likeness (QED) is 0.482. The Kier molecular flexibility index (Phi) is 5.10. The van der Waals surface area contributed by atoms with Gasteiger partial charge in [-0.15, -0.1) is 0 Å². The lowest BCUT2D eigenvalue weighted by Gasteiger charge is -2.23. The van der Waals surface area contributed by atoms with Crippen LogP contribution in [0.1, 0.15) is 19.3 Å². The second kappa shape index (κ2) is 7.30. The molecule has 0 radical (unpaired) electrons. The molecule has 9 heteroatoms. The van der Waals surface area contributed by atoms with Gasteiger partial charge in [0.25, 0.3) is 0 Å². The number of anilines is 1. The predicted molar refractivity (Wildman–Crippen MR) is 93.6 cm³/mol. The van der Waals surface area contributed by atoms with Crippen LogP contribution in [0.5, 0.6) is 5.75 Å². The van der Waals surface area contributed by atoms with E-state index in [4.69, 9.17) is 15.2 Å². The Morgan fingerprint density at radius 1 is 1.12 bits per heavy atom. The second-order valence-electron chi connectivity index (χ2n) is 5.87. The Morgan fingerprint density at radius 2 is 1.81 bits per heavy atom. The summed E-state index contributed by atoms with van der Waals surface area (Å²) in [5.41, 5.74) is 5.71. The number of rotatable bonds is 5. The van der Waals surface area contributed by atoms with E-state index >= 15 is 0 Å². The molecule has 2 aromatic carbocycles. The van der Waals surface area contributed by atoms with Gasteiger partial charge in [-0.25, -0.2) is 8.42 Å². The summed E-state index contributed by atoms with van der Waals surface area (Å²) in [6.45, 7) is 0.502. The fourth-order valence-electron chi connectivity index (χ4n) is 2.64. The van der Waals surface area contributed by atoms with Crippen molar-refractivity contribution in [2.75, 3.05) is 12.3 Å². The number of ether oxygens (including phenoxy) is 2. The molecule has 2 aromatic rings. The number of hydrogen-bond acceptors (Lipinski definition) is 7. The number of nitrogen functional groups attached to an aromatic ring is 1. The molecule has 8 nitrogen and oxygen atoms in total. The zero-order chi connectivity index (χ0) is 18.7. The summed E-state index contributed by atoms with van der Waals surface area (Å²) in [7, 11) is -3.86. The van der Waals surface area contributed by atoms with Gasteiger partial charge in [-0.3, -0.25) is 10.1 Å².